The van der Waals surface area contributed by atoms with E-state index in [2.05, 4.69) is 15.0 Å². The van der Waals surface area contributed by atoms with Gasteiger partial charge in [-0.3, -0.25) is 9.11 Å². The van der Waals surface area contributed by atoms with Crippen molar-refractivity contribution in [3.8, 4) is 0 Å². The minimum Gasteiger partial charge on any atom is -0.339 e. The summed E-state index contributed by atoms with van der Waals surface area (Å²) in [6.45, 7) is 1.82. The van der Waals surface area contributed by atoms with Crippen molar-refractivity contribution < 1.29 is 8.73 Å². The van der Waals surface area contributed by atoms with Crippen molar-refractivity contribution in [3.05, 3.63) is 42.0 Å². The summed E-state index contributed by atoms with van der Waals surface area (Å²) in [5.41, 5.74) is 0. The van der Waals surface area contributed by atoms with Crippen molar-refractivity contribution in [1.82, 2.24) is 15.0 Å². The lowest BCUT2D eigenvalue weighted by Crippen LogP contribution is -2.28. The maximum Gasteiger partial charge on any atom is 0.229 e. The fraction of sp³-hybridized carbons (Fsp3) is 0.529. The van der Waals surface area contributed by atoms with Gasteiger partial charge in [0.1, 0.15) is 0 Å². The summed E-state index contributed by atoms with van der Waals surface area (Å²) in [5.74, 6) is 2.76. The van der Waals surface area contributed by atoms with E-state index < -0.39 is 10.8 Å². The second-order valence-corrected chi connectivity index (χ2v) is 7.89. The second kappa shape index (κ2) is 6.53. The van der Waals surface area contributed by atoms with Crippen molar-refractivity contribution in [2.24, 2.45) is 0 Å². The molecule has 0 amide bonds. The molecule has 1 saturated heterocycles. The van der Waals surface area contributed by atoms with E-state index in [4.69, 9.17) is 4.52 Å². The Labute approximate surface area is 138 Å². The standard InChI is InChI=1S/C17H21N3O2S/c21-23(14-5-2-1-3-6-14)12-11-20-10-4-7-15(20)16-18-17(22-19-16)13-8-9-13/h1-3,5-6,13,15H,4,7-12H2/t15-,23-/m1/s1. The van der Waals surface area contributed by atoms with Crippen LogP contribution in [0.3, 0.4) is 0 Å². The zero-order chi connectivity index (χ0) is 15.6. The number of nitrogens with zero attached hydrogens (tertiary/aromatic N) is 3. The minimum absolute atomic E-state index is 0.221. The van der Waals surface area contributed by atoms with Crippen LogP contribution in [0.2, 0.25) is 0 Å². The van der Waals surface area contributed by atoms with Crippen LogP contribution in [-0.4, -0.2) is 38.1 Å². The molecule has 1 aromatic carbocycles. The zero-order valence-electron chi connectivity index (χ0n) is 13.1. The van der Waals surface area contributed by atoms with Crippen LogP contribution in [-0.2, 0) is 10.8 Å². The summed E-state index contributed by atoms with van der Waals surface area (Å²) < 4.78 is 17.8. The molecule has 122 valence electrons. The second-order valence-electron chi connectivity index (χ2n) is 6.32. The molecule has 0 radical (unpaired) electrons. The van der Waals surface area contributed by atoms with Gasteiger partial charge >= 0.3 is 0 Å². The van der Waals surface area contributed by atoms with E-state index in [0.717, 1.165) is 42.5 Å². The van der Waals surface area contributed by atoms with Crippen LogP contribution in [0.1, 0.15) is 49.4 Å². The Morgan fingerprint density at radius 2 is 2.04 bits per heavy atom. The van der Waals surface area contributed by atoms with Crippen LogP contribution in [0.4, 0.5) is 0 Å². The van der Waals surface area contributed by atoms with Crippen LogP contribution >= 0.6 is 0 Å². The molecule has 1 aliphatic carbocycles. The number of hydrogen-bond acceptors (Lipinski definition) is 5. The van der Waals surface area contributed by atoms with E-state index in [0.29, 0.717) is 11.7 Å². The Hall–Kier alpha value is -1.53. The van der Waals surface area contributed by atoms with Crippen molar-refractivity contribution in [2.45, 2.75) is 42.5 Å². The molecule has 6 heteroatoms. The average molecular weight is 331 g/mol. The molecule has 0 N–H and O–H groups in total. The number of aromatic nitrogens is 2. The fourth-order valence-electron chi connectivity index (χ4n) is 3.16. The highest BCUT2D eigenvalue weighted by molar-refractivity contribution is 7.85. The van der Waals surface area contributed by atoms with Crippen LogP contribution in [0.5, 0.6) is 0 Å². The first-order valence-electron chi connectivity index (χ1n) is 8.32. The number of likely N-dealkylation sites (tertiary alicyclic amines) is 1. The van der Waals surface area contributed by atoms with Crippen LogP contribution in [0.15, 0.2) is 39.8 Å². The summed E-state index contributed by atoms with van der Waals surface area (Å²) in [6, 6.07) is 9.90. The highest BCUT2D eigenvalue weighted by Gasteiger charge is 2.34. The Balaban J connectivity index is 1.38. The smallest absolute Gasteiger partial charge is 0.229 e. The highest BCUT2D eigenvalue weighted by Crippen LogP contribution is 2.40. The third-order valence-electron chi connectivity index (χ3n) is 4.62. The Bertz CT molecular complexity index is 684. The first-order chi connectivity index (χ1) is 11.3. The lowest BCUT2D eigenvalue weighted by Gasteiger charge is -2.21. The third-order valence-corrected chi connectivity index (χ3v) is 5.97. The molecule has 2 atom stereocenters. The number of benzene rings is 1. The predicted octanol–water partition coefficient (Wildman–Crippen LogP) is 2.89. The minimum atomic E-state index is -0.949. The molecule has 0 spiro atoms. The van der Waals surface area contributed by atoms with Gasteiger partial charge in [0.2, 0.25) is 5.89 Å². The van der Waals surface area contributed by atoms with Gasteiger partial charge in [-0.1, -0.05) is 23.4 Å². The number of rotatable bonds is 6. The molecule has 0 unspecified atom stereocenters. The summed E-state index contributed by atoms with van der Waals surface area (Å²) in [6.07, 6.45) is 4.54. The highest BCUT2D eigenvalue weighted by atomic mass is 32.2. The van der Waals surface area contributed by atoms with Crippen LogP contribution in [0.25, 0.3) is 0 Å². The zero-order valence-corrected chi connectivity index (χ0v) is 13.9. The van der Waals surface area contributed by atoms with E-state index in [1.165, 1.54) is 12.8 Å². The molecule has 1 aliphatic heterocycles. The molecule has 5 nitrogen and oxygen atoms in total. The van der Waals surface area contributed by atoms with Gasteiger partial charge in [0.05, 0.1) is 16.8 Å². The Morgan fingerprint density at radius 1 is 1.22 bits per heavy atom. The van der Waals surface area contributed by atoms with E-state index in [1.54, 1.807) is 0 Å². The van der Waals surface area contributed by atoms with E-state index in [-0.39, 0.29) is 6.04 Å². The van der Waals surface area contributed by atoms with Crippen LogP contribution in [0, 0.1) is 0 Å². The van der Waals surface area contributed by atoms with Crippen molar-refractivity contribution >= 4 is 10.8 Å². The lowest BCUT2D eigenvalue weighted by molar-refractivity contribution is 0.256. The molecule has 1 aromatic heterocycles. The monoisotopic (exact) mass is 331 g/mol. The fourth-order valence-corrected chi connectivity index (χ4v) is 4.25. The van der Waals surface area contributed by atoms with Gasteiger partial charge in [0, 0.05) is 23.1 Å². The van der Waals surface area contributed by atoms with Crippen molar-refractivity contribution in [1.29, 1.82) is 0 Å². The molecule has 23 heavy (non-hydrogen) atoms. The van der Waals surface area contributed by atoms with Gasteiger partial charge < -0.3 is 4.52 Å². The topological polar surface area (TPSA) is 59.2 Å². The van der Waals surface area contributed by atoms with E-state index >= 15 is 0 Å². The molecular formula is C17H21N3O2S. The maximum atomic E-state index is 12.4. The quantitative estimate of drug-likeness (QED) is 0.814. The summed E-state index contributed by atoms with van der Waals surface area (Å²) in [4.78, 5) is 7.85. The van der Waals surface area contributed by atoms with Gasteiger partial charge in [-0.2, -0.15) is 4.98 Å². The summed E-state index contributed by atoms with van der Waals surface area (Å²) in [5, 5.41) is 4.19. The molecule has 0 bridgehead atoms. The van der Waals surface area contributed by atoms with E-state index in [9.17, 15) is 4.21 Å². The predicted molar refractivity (Wildman–Crippen MR) is 87.5 cm³/mol. The van der Waals surface area contributed by atoms with Gasteiger partial charge in [-0.15, -0.1) is 0 Å². The van der Waals surface area contributed by atoms with Gasteiger partial charge in [0.25, 0.3) is 0 Å². The average Bonchev–Trinajstić information content (AvgIpc) is 3.14. The molecule has 2 aromatic rings. The van der Waals surface area contributed by atoms with Crippen LogP contribution < -0.4 is 0 Å². The molecule has 2 heterocycles. The SMILES string of the molecule is O=[S@](CCN1CCC[C@@H]1c1noc(C2CC2)n1)c1ccccc1. The molecular weight excluding hydrogens is 310 g/mol. The molecule has 4 rings (SSSR count). The summed E-state index contributed by atoms with van der Waals surface area (Å²) >= 11 is 0. The Morgan fingerprint density at radius 3 is 2.83 bits per heavy atom. The van der Waals surface area contributed by atoms with Crippen molar-refractivity contribution in [2.75, 3.05) is 18.8 Å². The third kappa shape index (κ3) is 3.38. The van der Waals surface area contributed by atoms with E-state index in [1.807, 2.05) is 30.3 Å². The van der Waals surface area contributed by atoms with Crippen molar-refractivity contribution in [3.63, 3.8) is 0 Å². The normalized spacial score (nSPS) is 23.2. The van der Waals surface area contributed by atoms with Gasteiger partial charge in [-0.05, 0) is 44.4 Å². The molecule has 2 fully saturated rings. The lowest BCUT2D eigenvalue weighted by atomic mass is 10.2. The largest absolute Gasteiger partial charge is 0.339 e. The first kappa shape index (κ1) is 15.0. The molecule has 1 saturated carbocycles. The first-order valence-corrected chi connectivity index (χ1v) is 9.64. The number of hydrogen-bond donors (Lipinski definition) is 0. The molecule has 2 aliphatic rings. The maximum absolute atomic E-state index is 12.4. The van der Waals surface area contributed by atoms with Gasteiger partial charge in [-0.25, -0.2) is 0 Å². The Kier molecular flexibility index (Phi) is 4.27. The summed E-state index contributed by atoms with van der Waals surface area (Å²) in [7, 11) is -0.949. The van der Waals surface area contributed by atoms with Gasteiger partial charge in [0.15, 0.2) is 5.82 Å².